The summed E-state index contributed by atoms with van der Waals surface area (Å²) in [6.45, 7) is 7.52. The molecular weight excluding hydrogens is 354 g/mol. The molecule has 0 spiro atoms. The highest BCUT2D eigenvalue weighted by Crippen LogP contribution is 2.31. The van der Waals surface area contributed by atoms with Crippen LogP contribution < -0.4 is 4.74 Å². The lowest BCUT2D eigenvalue weighted by atomic mass is 10.1. The maximum absolute atomic E-state index is 13.2. The van der Waals surface area contributed by atoms with Crippen LogP contribution in [0.25, 0.3) is 11.3 Å². The number of aryl methyl sites for hydroxylation is 1. The van der Waals surface area contributed by atoms with Crippen molar-refractivity contribution in [2.24, 2.45) is 0 Å². The second-order valence-electron chi connectivity index (χ2n) is 7.11. The number of carbonyl (C=O) groups excluding carboxylic acids is 1. The number of rotatable bonds is 4. The zero-order valence-corrected chi connectivity index (χ0v) is 16.3. The Kier molecular flexibility index (Phi) is 4.81. The minimum absolute atomic E-state index is 0.0749. The fourth-order valence-electron chi connectivity index (χ4n) is 3.57. The Hall–Kier alpha value is -3.22. The number of benzene rings is 1. The molecule has 0 unspecified atom stereocenters. The number of aromatic nitrogens is 4. The van der Waals surface area contributed by atoms with Gasteiger partial charge < -0.3 is 14.2 Å². The molecule has 1 aliphatic rings. The molecule has 7 heteroatoms. The molecule has 4 rings (SSSR count). The van der Waals surface area contributed by atoms with Crippen molar-refractivity contribution >= 4 is 5.91 Å². The summed E-state index contributed by atoms with van der Waals surface area (Å²) >= 11 is 0. The van der Waals surface area contributed by atoms with E-state index >= 15 is 0 Å². The number of hydrogen-bond acceptors (Lipinski definition) is 5. The summed E-state index contributed by atoms with van der Waals surface area (Å²) in [6, 6.07) is 7.79. The molecule has 0 atom stereocenters. The van der Waals surface area contributed by atoms with Crippen LogP contribution in [0, 0.1) is 6.92 Å². The summed E-state index contributed by atoms with van der Waals surface area (Å²) in [6.07, 6.45) is 5.22. The molecule has 3 aromatic rings. The van der Waals surface area contributed by atoms with Crippen molar-refractivity contribution in [2.45, 2.75) is 33.4 Å². The van der Waals surface area contributed by atoms with Crippen molar-refractivity contribution in [3.63, 3.8) is 0 Å². The zero-order valence-electron chi connectivity index (χ0n) is 16.3. The lowest BCUT2D eigenvalue weighted by Crippen LogP contribution is -2.32. The Balaban J connectivity index is 1.70. The number of ether oxygens (including phenoxy) is 1. The van der Waals surface area contributed by atoms with Gasteiger partial charge in [0.05, 0.1) is 30.5 Å². The number of imidazole rings is 1. The van der Waals surface area contributed by atoms with Crippen LogP contribution in [0.4, 0.5) is 0 Å². The second-order valence-corrected chi connectivity index (χ2v) is 7.11. The van der Waals surface area contributed by atoms with E-state index in [0.717, 1.165) is 17.1 Å². The predicted octanol–water partition coefficient (Wildman–Crippen LogP) is 3.26. The summed E-state index contributed by atoms with van der Waals surface area (Å²) < 4.78 is 8.00. The van der Waals surface area contributed by atoms with Gasteiger partial charge >= 0.3 is 0 Å². The molecule has 0 aliphatic carbocycles. The van der Waals surface area contributed by atoms with Gasteiger partial charge in [0.2, 0.25) is 0 Å². The third-order valence-electron chi connectivity index (χ3n) is 4.86. The molecule has 28 heavy (non-hydrogen) atoms. The van der Waals surface area contributed by atoms with Gasteiger partial charge in [-0.15, -0.1) is 0 Å². The molecule has 1 amide bonds. The van der Waals surface area contributed by atoms with Crippen LogP contribution in [0.5, 0.6) is 5.75 Å². The standard InChI is InChI=1S/C21H23N5O2/c1-14(2)26-15(3)24-12-18(26)16-5-6-19-17(11-16)21(27)25(9-10-28-19)13-20-22-7-4-8-23-20/h4-8,11-12,14H,9-10,13H2,1-3H3. The van der Waals surface area contributed by atoms with Gasteiger partial charge in [0.1, 0.15) is 24.0 Å². The highest BCUT2D eigenvalue weighted by Gasteiger charge is 2.25. The van der Waals surface area contributed by atoms with Crippen LogP contribution in [0.3, 0.4) is 0 Å². The SMILES string of the molecule is Cc1ncc(-c2ccc3c(c2)C(=O)N(Cc2ncccn2)CCO3)n1C(C)C. The molecule has 1 aliphatic heterocycles. The maximum atomic E-state index is 13.2. The lowest BCUT2D eigenvalue weighted by Gasteiger charge is -2.19. The first-order chi connectivity index (χ1) is 13.5. The molecule has 0 N–H and O–H groups in total. The Morgan fingerprint density at radius 2 is 1.96 bits per heavy atom. The average molecular weight is 377 g/mol. The topological polar surface area (TPSA) is 73.1 Å². The van der Waals surface area contributed by atoms with Gasteiger partial charge in [-0.25, -0.2) is 15.0 Å². The largest absolute Gasteiger partial charge is 0.491 e. The Morgan fingerprint density at radius 3 is 2.71 bits per heavy atom. The second kappa shape index (κ2) is 7.42. The van der Waals surface area contributed by atoms with E-state index in [2.05, 4.69) is 33.4 Å². The number of fused-ring (bicyclic) bond motifs is 1. The summed E-state index contributed by atoms with van der Waals surface area (Å²) in [5.41, 5.74) is 2.49. The van der Waals surface area contributed by atoms with Crippen LogP contribution in [-0.4, -0.2) is 43.5 Å². The van der Waals surface area contributed by atoms with E-state index in [4.69, 9.17) is 4.74 Å². The molecule has 3 heterocycles. The van der Waals surface area contributed by atoms with Gasteiger partial charge in [-0.3, -0.25) is 4.79 Å². The number of amides is 1. The minimum Gasteiger partial charge on any atom is -0.491 e. The number of carbonyl (C=O) groups is 1. The van der Waals surface area contributed by atoms with E-state index < -0.39 is 0 Å². The molecule has 0 saturated heterocycles. The van der Waals surface area contributed by atoms with Crippen molar-refractivity contribution in [1.29, 1.82) is 0 Å². The summed E-state index contributed by atoms with van der Waals surface area (Å²) in [4.78, 5) is 27.9. The van der Waals surface area contributed by atoms with E-state index in [-0.39, 0.29) is 11.9 Å². The fourth-order valence-corrected chi connectivity index (χ4v) is 3.57. The first-order valence-corrected chi connectivity index (χ1v) is 9.41. The molecule has 0 bridgehead atoms. The molecular formula is C21H23N5O2. The molecule has 0 saturated carbocycles. The van der Waals surface area contributed by atoms with Crippen LogP contribution in [0.2, 0.25) is 0 Å². The van der Waals surface area contributed by atoms with Crippen molar-refractivity contribution in [1.82, 2.24) is 24.4 Å². The highest BCUT2D eigenvalue weighted by molar-refractivity contribution is 5.98. The molecule has 0 radical (unpaired) electrons. The zero-order chi connectivity index (χ0) is 19.7. The Labute approximate surface area is 164 Å². The van der Waals surface area contributed by atoms with Crippen LogP contribution in [0.1, 0.15) is 41.9 Å². The lowest BCUT2D eigenvalue weighted by molar-refractivity contribution is 0.0738. The van der Waals surface area contributed by atoms with Gasteiger partial charge in [-0.1, -0.05) is 0 Å². The smallest absolute Gasteiger partial charge is 0.258 e. The first-order valence-electron chi connectivity index (χ1n) is 9.41. The number of hydrogen-bond donors (Lipinski definition) is 0. The van der Waals surface area contributed by atoms with Crippen molar-refractivity contribution in [3.05, 3.63) is 60.1 Å². The van der Waals surface area contributed by atoms with Crippen molar-refractivity contribution in [2.75, 3.05) is 13.2 Å². The van der Waals surface area contributed by atoms with Gasteiger partial charge in [-0.2, -0.15) is 0 Å². The monoisotopic (exact) mass is 377 g/mol. The normalized spacial score (nSPS) is 14.0. The van der Waals surface area contributed by atoms with E-state index in [1.165, 1.54) is 0 Å². The fraction of sp³-hybridized carbons (Fsp3) is 0.333. The van der Waals surface area contributed by atoms with Crippen LogP contribution in [-0.2, 0) is 6.54 Å². The Morgan fingerprint density at radius 1 is 1.18 bits per heavy atom. The molecule has 1 aromatic carbocycles. The maximum Gasteiger partial charge on any atom is 0.258 e. The van der Waals surface area contributed by atoms with E-state index in [0.29, 0.717) is 36.8 Å². The van der Waals surface area contributed by atoms with E-state index in [9.17, 15) is 4.79 Å². The van der Waals surface area contributed by atoms with Crippen molar-refractivity contribution < 1.29 is 9.53 Å². The molecule has 0 fully saturated rings. The van der Waals surface area contributed by atoms with Crippen molar-refractivity contribution in [3.8, 4) is 17.0 Å². The summed E-state index contributed by atoms with van der Waals surface area (Å²) in [5.74, 6) is 2.10. The van der Waals surface area contributed by atoms with E-state index in [1.54, 1.807) is 23.4 Å². The number of nitrogens with zero attached hydrogens (tertiary/aromatic N) is 5. The molecule has 144 valence electrons. The first kappa shape index (κ1) is 18.2. The van der Waals surface area contributed by atoms with Gasteiger partial charge in [0.25, 0.3) is 5.91 Å². The third kappa shape index (κ3) is 3.35. The minimum atomic E-state index is -0.0749. The van der Waals surface area contributed by atoms with Crippen LogP contribution >= 0.6 is 0 Å². The van der Waals surface area contributed by atoms with Gasteiger partial charge in [0, 0.05) is 24.0 Å². The quantitative estimate of drug-likeness (QED) is 0.698. The Bertz CT molecular complexity index is 997. The van der Waals surface area contributed by atoms with E-state index in [1.807, 2.05) is 31.3 Å². The average Bonchev–Trinajstić information content (AvgIpc) is 3.02. The molecule has 2 aromatic heterocycles. The van der Waals surface area contributed by atoms with Gasteiger partial charge in [0.15, 0.2) is 0 Å². The summed E-state index contributed by atoms with van der Waals surface area (Å²) in [7, 11) is 0. The third-order valence-corrected chi connectivity index (χ3v) is 4.86. The predicted molar refractivity (Wildman–Crippen MR) is 105 cm³/mol. The van der Waals surface area contributed by atoms with Gasteiger partial charge in [-0.05, 0) is 45.0 Å². The highest BCUT2D eigenvalue weighted by atomic mass is 16.5. The molecule has 7 nitrogen and oxygen atoms in total. The summed E-state index contributed by atoms with van der Waals surface area (Å²) in [5, 5.41) is 0. The van der Waals surface area contributed by atoms with Crippen LogP contribution in [0.15, 0.2) is 42.9 Å².